The highest BCUT2D eigenvalue weighted by Crippen LogP contribution is 2.19. The Morgan fingerprint density at radius 1 is 1.52 bits per heavy atom. The van der Waals surface area contributed by atoms with Crippen LogP contribution in [0.2, 0.25) is 0 Å². The lowest BCUT2D eigenvalue weighted by molar-refractivity contribution is -0.138. The number of nitrogens with zero attached hydrogens (tertiary/aromatic N) is 2. The predicted molar refractivity (Wildman–Crippen MR) is 74.7 cm³/mol. The second-order valence-corrected chi connectivity index (χ2v) is 4.73. The molecule has 2 heterocycles. The molecule has 0 aliphatic heterocycles. The van der Waals surface area contributed by atoms with Crippen molar-refractivity contribution in [1.82, 2.24) is 15.1 Å². The van der Waals surface area contributed by atoms with Gasteiger partial charge in [-0.3, -0.25) is 14.7 Å². The minimum absolute atomic E-state index is 0.169. The van der Waals surface area contributed by atoms with Gasteiger partial charge < -0.3 is 14.4 Å². The lowest BCUT2D eigenvalue weighted by atomic mass is 10.2. The van der Waals surface area contributed by atoms with Gasteiger partial charge in [0.25, 0.3) is 5.91 Å². The number of carbonyl (C=O) groups is 2. The maximum absolute atomic E-state index is 12.4. The molecule has 112 valence electrons. The third kappa shape index (κ3) is 3.31. The van der Waals surface area contributed by atoms with Crippen LogP contribution in [0.25, 0.3) is 11.5 Å². The highest BCUT2D eigenvalue weighted by atomic mass is 16.4. The lowest BCUT2D eigenvalue weighted by Gasteiger charge is -2.25. The summed E-state index contributed by atoms with van der Waals surface area (Å²) in [4.78, 5) is 24.6. The summed E-state index contributed by atoms with van der Waals surface area (Å²) in [6.45, 7) is 3.35. The first kappa shape index (κ1) is 14.8. The number of amides is 1. The number of rotatable bonds is 6. The van der Waals surface area contributed by atoms with Crippen molar-refractivity contribution < 1.29 is 19.1 Å². The smallest absolute Gasteiger partial charge is 0.323 e. The van der Waals surface area contributed by atoms with Crippen molar-refractivity contribution in [3.63, 3.8) is 0 Å². The molecular weight excluding hydrogens is 274 g/mol. The van der Waals surface area contributed by atoms with Crippen molar-refractivity contribution in [3.05, 3.63) is 30.2 Å². The third-order valence-corrected chi connectivity index (χ3v) is 3.27. The number of nitrogens with one attached hydrogen (secondary N) is 1. The second-order valence-electron chi connectivity index (χ2n) is 4.73. The zero-order chi connectivity index (χ0) is 15.4. The number of carboxylic acid groups (broad SMARTS) is 1. The summed E-state index contributed by atoms with van der Waals surface area (Å²) in [6.07, 6.45) is 2.18. The van der Waals surface area contributed by atoms with E-state index >= 15 is 0 Å². The number of hydrogen-bond acceptors (Lipinski definition) is 4. The molecule has 0 bridgehead atoms. The van der Waals surface area contributed by atoms with Gasteiger partial charge in [-0.1, -0.05) is 6.92 Å². The molecule has 0 aliphatic carbocycles. The number of furan rings is 1. The number of carboxylic acids is 1. The minimum Gasteiger partial charge on any atom is -0.480 e. The van der Waals surface area contributed by atoms with Crippen LogP contribution in [0.5, 0.6) is 0 Å². The molecule has 0 aliphatic rings. The van der Waals surface area contributed by atoms with Crippen molar-refractivity contribution in [2.45, 2.75) is 26.3 Å². The van der Waals surface area contributed by atoms with E-state index in [1.165, 1.54) is 11.2 Å². The number of aromatic amines is 1. The van der Waals surface area contributed by atoms with E-state index in [1.54, 1.807) is 25.1 Å². The first-order valence-corrected chi connectivity index (χ1v) is 6.65. The van der Waals surface area contributed by atoms with Crippen molar-refractivity contribution >= 4 is 11.9 Å². The lowest BCUT2D eigenvalue weighted by Crippen LogP contribution is -2.42. The highest BCUT2D eigenvalue weighted by Gasteiger charge is 2.25. The zero-order valence-electron chi connectivity index (χ0n) is 11.9. The number of carbonyl (C=O) groups excluding carboxylic acids is 1. The van der Waals surface area contributed by atoms with Gasteiger partial charge in [-0.05, 0) is 25.5 Å². The van der Waals surface area contributed by atoms with E-state index in [-0.39, 0.29) is 18.3 Å². The predicted octanol–water partition coefficient (Wildman–Crippen LogP) is 1.99. The largest absolute Gasteiger partial charge is 0.480 e. The Morgan fingerprint density at radius 3 is 2.86 bits per heavy atom. The maximum atomic E-state index is 12.4. The fraction of sp³-hybridized carbons (Fsp3) is 0.357. The van der Waals surface area contributed by atoms with Gasteiger partial charge in [0, 0.05) is 12.1 Å². The molecule has 7 nitrogen and oxygen atoms in total. The Kier molecular flexibility index (Phi) is 4.42. The van der Waals surface area contributed by atoms with E-state index in [9.17, 15) is 9.59 Å². The summed E-state index contributed by atoms with van der Waals surface area (Å²) in [7, 11) is 0. The van der Waals surface area contributed by atoms with Crippen LogP contribution in [0.4, 0.5) is 0 Å². The summed E-state index contributed by atoms with van der Waals surface area (Å²) in [5, 5.41) is 15.6. The molecule has 2 rings (SSSR count). The van der Waals surface area contributed by atoms with Crippen molar-refractivity contribution in [2.24, 2.45) is 0 Å². The van der Waals surface area contributed by atoms with E-state index in [1.807, 2.05) is 6.92 Å². The summed E-state index contributed by atoms with van der Waals surface area (Å²) < 4.78 is 5.22. The molecule has 2 N–H and O–H groups in total. The van der Waals surface area contributed by atoms with E-state index in [4.69, 9.17) is 9.52 Å². The quantitative estimate of drug-likeness (QED) is 0.848. The Hall–Kier alpha value is -2.57. The molecule has 0 saturated carbocycles. The van der Waals surface area contributed by atoms with E-state index in [2.05, 4.69) is 10.2 Å². The third-order valence-electron chi connectivity index (χ3n) is 3.27. The van der Waals surface area contributed by atoms with Gasteiger partial charge in [-0.15, -0.1) is 0 Å². The van der Waals surface area contributed by atoms with Crippen LogP contribution in [0, 0.1) is 0 Å². The molecule has 0 radical (unpaired) electrons. The summed E-state index contributed by atoms with van der Waals surface area (Å²) in [6, 6.07) is 4.84. The van der Waals surface area contributed by atoms with Crippen molar-refractivity contribution in [1.29, 1.82) is 0 Å². The average Bonchev–Trinajstić information content (AvgIpc) is 3.12. The van der Waals surface area contributed by atoms with Crippen LogP contribution in [-0.2, 0) is 4.79 Å². The summed E-state index contributed by atoms with van der Waals surface area (Å²) in [5.74, 6) is -0.902. The molecule has 1 amide bonds. The van der Waals surface area contributed by atoms with E-state index in [0.29, 0.717) is 17.9 Å². The molecule has 21 heavy (non-hydrogen) atoms. The molecule has 2 aromatic heterocycles. The first-order valence-electron chi connectivity index (χ1n) is 6.65. The molecule has 0 aromatic carbocycles. The Balaban J connectivity index is 2.22. The topological polar surface area (TPSA) is 99.4 Å². The van der Waals surface area contributed by atoms with Crippen LogP contribution < -0.4 is 0 Å². The van der Waals surface area contributed by atoms with Crippen LogP contribution in [0.15, 0.2) is 28.9 Å². The molecule has 0 saturated heterocycles. The fourth-order valence-electron chi connectivity index (χ4n) is 1.93. The normalized spacial score (nSPS) is 12.1. The second kappa shape index (κ2) is 6.25. The number of aromatic nitrogens is 2. The van der Waals surface area contributed by atoms with Crippen LogP contribution in [-0.4, -0.2) is 44.7 Å². The number of hydrogen-bond donors (Lipinski definition) is 2. The van der Waals surface area contributed by atoms with Gasteiger partial charge in [-0.25, -0.2) is 0 Å². The molecule has 0 spiro atoms. The monoisotopic (exact) mass is 291 g/mol. The van der Waals surface area contributed by atoms with Gasteiger partial charge in [-0.2, -0.15) is 5.10 Å². The summed E-state index contributed by atoms with van der Waals surface area (Å²) in [5.41, 5.74) is 0.741. The minimum atomic E-state index is -1.05. The number of H-pyrrole nitrogens is 1. The maximum Gasteiger partial charge on any atom is 0.323 e. The SMILES string of the molecule is CCC(C)N(CC(=O)O)C(=O)c1cc(-c2ccco2)[nH]n1. The zero-order valence-corrected chi connectivity index (χ0v) is 11.9. The molecule has 1 unspecified atom stereocenters. The van der Waals surface area contributed by atoms with E-state index < -0.39 is 11.9 Å². The molecular formula is C14H17N3O4. The first-order chi connectivity index (χ1) is 10.0. The molecule has 0 fully saturated rings. The van der Waals surface area contributed by atoms with Gasteiger partial charge in [0.05, 0.1) is 6.26 Å². The van der Waals surface area contributed by atoms with Crippen molar-refractivity contribution in [2.75, 3.05) is 6.54 Å². The Labute approximate surface area is 121 Å². The Bertz CT molecular complexity index is 618. The molecule has 7 heteroatoms. The van der Waals surface area contributed by atoms with Crippen LogP contribution >= 0.6 is 0 Å². The van der Waals surface area contributed by atoms with Gasteiger partial charge in [0.15, 0.2) is 11.5 Å². The van der Waals surface area contributed by atoms with Gasteiger partial charge in [0.2, 0.25) is 0 Å². The molecule has 2 aromatic rings. The van der Waals surface area contributed by atoms with Crippen molar-refractivity contribution in [3.8, 4) is 11.5 Å². The standard InChI is InChI=1S/C14H17N3O4/c1-3-9(2)17(8-13(18)19)14(20)11-7-10(15-16-11)12-5-4-6-21-12/h4-7,9H,3,8H2,1-2H3,(H,15,16)(H,18,19). The van der Waals surface area contributed by atoms with Gasteiger partial charge in [0.1, 0.15) is 12.2 Å². The fourth-order valence-corrected chi connectivity index (χ4v) is 1.93. The highest BCUT2D eigenvalue weighted by molar-refractivity contribution is 5.95. The molecule has 1 atom stereocenters. The summed E-state index contributed by atoms with van der Waals surface area (Å²) >= 11 is 0. The number of aliphatic carboxylic acids is 1. The van der Waals surface area contributed by atoms with E-state index in [0.717, 1.165) is 0 Å². The Morgan fingerprint density at radius 2 is 2.29 bits per heavy atom. The van der Waals surface area contributed by atoms with Crippen LogP contribution in [0.3, 0.4) is 0 Å². The average molecular weight is 291 g/mol. The van der Waals surface area contributed by atoms with Gasteiger partial charge >= 0.3 is 5.97 Å². The van der Waals surface area contributed by atoms with Crippen LogP contribution in [0.1, 0.15) is 30.8 Å².